The van der Waals surface area contributed by atoms with Crippen molar-refractivity contribution in [3.05, 3.63) is 127 Å². The van der Waals surface area contributed by atoms with Gasteiger partial charge < -0.3 is 9.31 Å². The van der Waals surface area contributed by atoms with Gasteiger partial charge in [-0.15, -0.1) is 0 Å². The molecule has 1 saturated heterocycles. The van der Waals surface area contributed by atoms with Gasteiger partial charge in [0.1, 0.15) is 0 Å². The average molecular weight is 581 g/mol. The molecule has 3 heteroatoms. The zero-order valence-corrected chi connectivity index (χ0v) is 26.0. The molecule has 45 heavy (non-hydrogen) atoms. The molecule has 0 amide bonds. The normalized spacial score (nSPS) is 16.1. The zero-order valence-electron chi connectivity index (χ0n) is 26.0. The molecule has 0 bridgehead atoms. The van der Waals surface area contributed by atoms with Gasteiger partial charge in [0.2, 0.25) is 0 Å². The highest BCUT2D eigenvalue weighted by atomic mass is 16.7. The summed E-state index contributed by atoms with van der Waals surface area (Å²) in [6.07, 6.45) is 0. The van der Waals surface area contributed by atoms with Crippen molar-refractivity contribution in [3.63, 3.8) is 0 Å². The van der Waals surface area contributed by atoms with Crippen molar-refractivity contribution in [1.82, 2.24) is 0 Å². The van der Waals surface area contributed by atoms with Crippen LogP contribution in [-0.4, -0.2) is 18.3 Å². The van der Waals surface area contributed by atoms with Gasteiger partial charge in [0.15, 0.2) is 0 Å². The van der Waals surface area contributed by atoms with Crippen LogP contribution in [0.3, 0.4) is 0 Å². The molecule has 8 aromatic carbocycles. The summed E-state index contributed by atoms with van der Waals surface area (Å²) in [5.41, 5.74) is 5.34. The van der Waals surface area contributed by atoms with Crippen LogP contribution in [0.15, 0.2) is 127 Å². The van der Waals surface area contributed by atoms with Crippen molar-refractivity contribution in [2.45, 2.75) is 38.9 Å². The van der Waals surface area contributed by atoms with Gasteiger partial charge in [0.25, 0.3) is 0 Å². The van der Waals surface area contributed by atoms with Crippen LogP contribution >= 0.6 is 0 Å². The fraction of sp³-hybridized carbons (Fsp3) is 0.143. The third kappa shape index (κ3) is 4.04. The van der Waals surface area contributed by atoms with E-state index in [1.54, 1.807) is 0 Å². The van der Waals surface area contributed by atoms with E-state index in [4.69, 9.17) is 9.31 Å². The number of hydrogen-bond acceptors (Lipinski definition) is 2. The molecular weight excluding hydrogens is 547 g/mol. The van der Waals surface area contributed by atoms with Crippen LogP contribution in [0.5, 0.6) is 0 Å². The van der Waals surface area contributed by atoms with E-state index in [1.165, 1.54) is 76.1 Å². The second kappa shape index (κ2) is 9.41. The molecule has 1 fully saturated rings. The maximum atomic E-state index is 6.33. The van der Waals surface area contributed by atoms with Crippen molar-refractivity contribution >= 4 is 66.4 Å². The lowest BCUT2D eigenvalue weighted by atomic mass is 9.78. The van der Waals surface area contributed by atoms with E-state index < -0.39 is 0 Å². The van der Waals surface area contributed by atoms with Crippen molar-refractivity contribution in [2.24, 2.45) is 0 Å². The largest absolute Gasteiger partial charge is 0.494 e. The summed E-state index contributed by atoms with van der Waals surface area (Å²) in [7, 11) is -0.365. The lowest BCUT2D eigenvalue weighted by Gasteiger charge is -2.32. The quantitative estimate of drug-likeness (QED) is 0.153. The van der Waals surface area contributed by atoms with Crippen LogP contribution in [0.2, 0.25) is 0 Å². The van der Waals surface area contributed by atoms with Crippen LogP contribution in [0, 0.1) is 0 Å². The Morgan fingerprint density at radius 2 is 0.867 bits per heavy atom. The molecule has 0 aromatic heterocycles. The molecule has 1 aliphatic rings. The SMILES string of the molecule is CC1(C)OB(c2ccc3cc(-c4ccc5ccc6c(-c7ccc8ccccc8c7)ccc7ccc4c5c76)ccc3c2)OC1(C)C. The Labute approximate surface area is 263 Å². The molecule has 0 atom stereocenters. The number of benzene rings is 8. The van der Waals surface area contributed by atoms with Gasteiger partial charge in [-0.3, -0.25) is 0 Å². The van der Waals surface area contributed by atoms with Crippen molar-refractivity contribution in [1.29, 1.82) is 0 Å². The smallest absolute Gasteiger partial charge is 0.399 e. The van der Waals surface area contributed by atoms with Gasteiger partial charge in [-0.25, -0.2) is 0 Å². The molecule has 0 aliphatic carbocycles. The van der Waals surface area contributed by atoms with Gasteiger partial charge in [-0.1, -0.05) is 115 Å². The highest BCUT2D eigenvalue weighted by Gasteiger charge is 2.51. The van der Waals surface area contributed by atoms with Gasteiger partial charge in [-0.05, 0) is 121 Å². The third-order valence-corrected chi connectivity index (χ3v) is 10.4. The first kappa shape index (κ1) is 26.7. The molecule has 0 radical (unpaired) electrons. The topological polar surface area (TPSA) is 18.5 Å². The van der Waals surface area contributed by atoms with E-state index in [9.17, 15) is 0 Å². The van der Waals surface area contributed by atoms with E-state index in [0.717, 1.165) is 5.46 Å². The first-order chi connectivity index (χ1) is 21.8. The van der Waals surface area contributed by atoms with Gasteiger partial charge in [-0.2, -0.15) is 0 Å². The molecule has 0 N–H and O–H groups in total. The summed E-state index contributed by atoms with van der Waals surface area (Å²) in [5.74, 6) is 0. The van der Waals surface area contributed by atoms with Crippen LogP contribution in [0.1, 0.15) is 27.7 Å². The van der Waals surface area contributed by atoms with Gasteiger partial charge in [0, 0.05) is 0 Å². The molecule has 0 spiro atoms. The predicted molar refractivity (Wildman–Crippen MR) is 192 cm³/mol. The molecule has 9 rings (SSSR count). The minimum atomic E-state index is -0.365. The average Bonchev–Trinajstić information content (AvgIpc) is 3.28. The lowest BCUT2D eigenvalue weighted by Crippen LogP contribution is -2.41. The van der Waals surface area contributed by atoms with Crippen molar-refractivity contribution < 1.29 is 9.31 Å². The van der Waals surface area contributed by atoms with Gasteiger partial charge >= 0.3 is 7.12 Å². The Balaban J connectivity index is 1.17. The van der Waals surface area contributed by atoms with Crippen molar-refractivity contribution in [2.75, 3.05) is 0 Å². The Hall–Kier alpha value is -4.70. The summed E-state index contributed by atoms with van der Waals surface area (Å²) in [6.45, 7) is 8.39. The maximum absolute atomic E-state index is 6.33. The molecule has 1 heterocycles. The number of fused-ring (bicyclic) bond motifs is 2. The van der Waals surface area contributed by atoms with E-state index >= 15 is 0 Å². The highest BCUT2D eigenvalue weighted by Crippen LogP contribution is 2.43. The molecule has 0 saturated carbocycles. The highest BCUT2D eigenvalue weighted by molar-refractivity contribution is 6.62. The fourth-order valence-electron chi connectivity index (χ4n) is 7.22. The summed E-state index contributed by atoms with van der Waals surface area (Å²) in [6, 6.07) is 47.1. The molecule has 1 aliphatic heterocycles. The molecular formula is C42H33BO2. The van der Waals surface area contributed by atoms with Crippen LogP contribution in [-0.2, 0) is 9.31 Å². The van der Waals surface area contributed by atoms with Gasteiger partial charge in [0.05, 0.1) is 11.2 Å². The molecule has 8 aromatic rings. The van der Waals surface area contributed by atoms with Crippen LogP contribution in [0.25, 0.3) is 76.1 Å². The Bertz CT molecular complexity index is 2440. The van der Waals surface area contributed by atoms with Crippen LogP contribution < -0.4 is 5.46 Å². The number of hydrogen-bond donors (Lipinski definition) is 0. The van der Waals surface area contributed by atoms with E-state index in [1.807, 2.05) is 0 Å². The van der Waals surface area contributed by atoms with E-state index in [0.29, 0.717) is 0 Å². The monoisotopic (exact) mass is 580 g/mol. The summed E-state index contributed by atoms with van der Waals surface area (Å²) in [4.78, 5) is 0. The minimum absolute atomic E-state index is 0.359. The Morgan fingerprint density at radius 1 is 0.422 bits per heavy atom. The van der Waals surface area contributed by atoms with E-state index in [2.05, 4.69) is 155 Å². The lowest BCUT2D eigenvalue weighted by molar-refractivity contribution is 0.00578. The minimum Gasteiger partial charge on any atom is -0.399 e. The third-order valence-electron chi connectivity index (χ3n) is 10.4. The Morgan fingerprint density at radius 3 is 1.47 bits per heavy atom. The maximum Gasteiger partial charge on any atom is 0.494 e. The first-order valence-corrected chi connectivity index (χ1v) is 15.9. The zero-order chi connectivity index (χ0) is 30.5. The second-order valence-corrected chi connectivity index (χ2v) is 13.6. The predicted octanol–water partition coefficient (Wildman–Crippen LogP) is 10.5. The standard InChI is InChI=1S/C42H33BO2/c1-41(2)42(3,4)45-43(44-41)34-18-13-30-24-33(12-10-31(30)25-34)36-20-15-28-16-21-37-35(19-14-27-17-22-38(36)40(28)39(27)37)32-11-9-26-7-5-6-8-29(26)23-32/h5-25H,1-4H3. The summed E-state index contributed by atoms with van der Waals surface area (Å²) < 4.78 is 12.7. The fourth-order valence-corrected chi connectivity index (χ4v) is 7.22. The Kier molecular flexibility index (Phi) is 5.58. The van der Waals surface area contributed by atoms with E-state index in [-0.39, 0.29) is 18.3 Å². The van der Waals surface area contributed by atoms with Crippen molar-refractivity contribution in [3.8, 4) is 22.3 Å². The number of rotatable bonds is 3. The van der Waals surface area contributed by atoms with Crippen LogP contribution in [0.4, 0.5) is 0 Å². The summed E-state index contributed by atoms with van der Waals surface area (Å²) in [5, 5.41) is 12.7. The molecule has 2 nitrogen and oxygen atoms in total. The summed E-state index contributed by atoms with van der Waals surface area (Å²) >= 11 is 0. The first-order valence-electron chi connectivity index (χ1n) is 15.9. The molecule has 216 valence electrons. The molecule has 0 unspecified atom stereocenters. The second-order valence-electron chi connectivity index (χ2n) is 13.6.